The standard InChI is InChI=1S/C26H28Cl2N2O3/c1-3-32-24-14-19(12-20(15-29)26(31)30-23-7-5-4-6-17(23)2)13-22(28)25(24)33-16-18-8-10-21(27)11-9-18/h8-14,17,23H,3-7,16H2,1-2H3,(H,30,31)/b20-12+/t17-,23-/m1/s1. The van der Waals surface area contributed by atoms with Crippen LogP contribution in [0.2, 0.25) is 10.0 Å². The molecule has 0 aliphatic heterocycles. The summed E-state index contributed by atoms with van der Waals surface area (Å²) in [6.45, 7) is 4.69. The zero-order valence-electron chi connectivity index (χ0n) is 18.9. The average molecular weight is 487 g/mol. The first-order chi connectivity index (χ1) is 15.9. The van der Waals surface area contributed by atoms with Gasteiger partial charge in [0.2, 0.25) is 0 Å². The second kappa shape index (κ2) is 12.0. The Labute approximate surface area is 205 Å². The van der Waals surface area contributed by atoms with Crippen molar-refractivity contribution < 1.29 is 14.3 Å². The highest BCUT2D eigenvalue weighted by Crippen LogP contribution is 2.38. The maximum atomic E-state index is 12.7. The van der Waals surface area contributed by atoms with E-state index in [-0.39, 0.29) is 24.1 Å². The van der Waals surface area contributed by atoms with Crippen LogP contribution in [0.25, 0.3) is 6.08 Å². The van der Waals surface area contributed by atoms with Crippen LogP contribution < -0.4 is 14.8 Å². The van der Waals surface area contributed by atoms with Crippen molar-refractivity contribution in [2.75, 3.05) is 6.61 Å². The molecular formula is C26H28Cl2N2O3. The number of ether oxygens (including phenoxy) is 2. The van der Waals surface area contributed by atoms with Gasteiger partial charge in [-0.2, -0.15) is 5.26 Å². The first kappa shape index (κ1) is 25.0. The minimum absolute atomic E-state index is 0.0288. The van der Waals surface area contributed by atoms with Gasteiger partial charge in [-0.05, 0) is 67.2 Å². The summed E-state index contributed by atoms with van der Waals surface area (Å²) < 4.78 is 11.7. The number of nitrogens with one attached hydrogen (secondary N) is 1. The van der Waals surface area contributed by atoms with Crippen LogP contribution in [0.15, 0.2) is 42.0 Å². The fourth-order valence-electron chi connectivity index (χ4n) is 3.90. The van der Waals surface area contributed by atoms with Crippen molar-refractivity contribution in [3.8, 4) is 17.6 Å². The Kier molecular flexibility index (Phi) is 9.05. The van der Waals surface area contributed by atoms with Gasteiger partial charge in [0.1, 0.15) is 18.2 Å². The first-order valence-corrected chi connectivity index (χ1v) is 11.9. The second-order valence-corrected chi connectivity index (χ2v) is 9.03. The van der Waals surface area contributed by atoms with Gasteiger partial charge in [-0.15, -0.1) is 0 Å². The monoisotopic (exact) mass is 486 g/mol. The van der Waals surface area contributed by atoms with Crippen LogP contribution in [0.3, 0.4) is 0 Å². The number of hydrogen-bond acceptors (Lipinski definition) is 4. The SMILES string of the molecule is CCOc1cc(/C=C(\C#N)C(=O)N[C@@H]2CCCC[C@H]2C)cc(Cl)c1OCc1ccc(Cl)cc1. The number of benzene rings is 2. The van der Waals surface area contributed by atoms with E-state index in [2.05, 4.69) is 12.2 Å². The highest BCUT2D eigenvalue weighted by Gasteiger charge is 2.24. The van der Waals surface area contributed by atoms with Gasteiger partial charge in [0.25, 0.3) is 5.91 Å². The number of carbonyl (C=O) groups excluding carboxylic acids is 1. The summed E-state index contributed by atoms with van der Waals surface area (Å²) in [6.07, 6.45) is 5.82. The van der Waals surface area contributed by atoms with Crippen molar-refractivity contribution in [2.45, 2.75) is 52.2 Å². The number of nitrogens with zero attached hydrogens (tertiary/aromatic N) is 1. The van der Waals surface area contributed by atoms with E-state index in [9.17, 15) is 10.1 Å². The number of carbonyl (C=O) groups is 1. The van der Waals surface area contributed by atoms with Gasteiger partial charge in [0, 0.05) is 11.1 Å². The molecule has 0 heterocycles. The third-order valence-electron chi connectivity index (χ3n) is 5.73. The van der Waals surface area contributed by atoms with Crippen molar-refractivity contribution >= 4 is 35.2 Å². The minimum Gasteiger partial charge on any atom is -0.490 e. The molecule has 2 aromatic carbocycles. The van der Waals surface area contributed by atoms with E-state index >= 15 is 0 Å². The van der Waals surface area contributed by atoms with Crippen molar-refractivity contribution in [1.82, 2.24) is 5.32 Å². The van der Waals surface area contributed by atoms with Gasteiger partial charge in [0.15, 0.2) is 11.5 Å². The van der Waals surface area contributed by atoms with Gasteiger partial charge in [0.05, 0.1) is 11.6 Å². The summed E-state index contributed by atoms with van der Waals surface area (Å²) in [4.78, 5) is 12.7. The molecule has 1 aliphatic rings. The van der Waals surface area contributed by atoms with Crippen molar-refractivity contribution in [3.05, 3.63) is 63.1 Å². The smallest absolute Gasteiger partial charge is 0.262 e. The lowest BCUT2D eigenvalue weighted by Gasteiger charge is -2.29. The molecule has 0 bridgehead atoms. The van der Waals surface area contributed by atoms with E-state index in [1.54, 1.807) is 24.3 Å². The maximum absolute atomic E-state index is 12.7. The number of hydrogen-bond donors (Lipinski definition) is 1. The van der Waals surface area contributed by atoms with Gasteiger partial charge in [-0.25, -0.2) is 0 Å². The summed E-state index contributed by atoms with van der Waals surface area (Å²) in [6, 6.07) is 12.8. The molecule has 0 saturated heterocycles. The van der Waals surface area contributed by atoms with E-state index in [0.717, 1.165) is 24.8 Å². The molecule has 174 valence electrons. The molecule has 3 rings (SSSR count). The minimum atomic E-state index is -0.367. The molecule has 2 aromatic rings. The van der Waals surface area contributed by atoms with Gasteiger partial charge in [-0.3, -0.25) is 4.79 Å². The number of nitriles is 1. The number of rotatable bonds is 8. The third-order valence-corrected chi connectivity index (χ3v) is 6.26. The normalized spacial score (nSPS) is 18.3. The lowest BCUT2D eigenvalue weighted by molar-refractivity contribution is -0.118. The van der Waals surface area contributed by atoms with E-state index < -0.39 is 0 Å². The topological polar surface area (TPSA) is 71.3 Å². The molecule has 0 aromatic heterocycles. The summed E-state index contributed by atoms with van der Waals surface area (Å²) >= 11 is 12.4. The number of halogens is 2. The Morgan fingerprint density at radius 2 is 1.91 bits per heavy atom. The Hall–Kier alpha value is -2.68. The molecule has 1 amide bonds. The lowest BCUT2D eigenvalue weighted by atomic mass is 9.86. The first-order valence-electron chi connectivity index (χ1n) is 11.2. The van der Waals surface area contributed by atoms with Crippen LogP contribution in [0.5, 0.6) is 11.5 Å². The molecule has 2 atom stereocenters. The van der Waals surface area contributed by atoms with E-state index in [1.165, 1.54) is 12.5 Å². The van der Waals surface area contributed by atoms with E-state index in [1.807, 2.05) is 25.1 Å². The quantitative estimate of drug-likeness (QED) is 0.338. The Morgan fingerprint density at radius 3 is 2.58 bits per heavy atom. The summed E-state index contributed by atoms with van der Waals surface area (Å²) in [5.74, 6) is 0.889. The molecule has 1 N–H and O–H groups in total. The fraction of sp³-hybridized carbons (Fsp3) is 0.385. The molecule has 1 fully saturated rings. The molecule has 7 heteroatoms. The van der Waals surface area contributed by atoms with Crippen molar-refractivity contribution in [1.29, 1.82) is 5.26 Å². The fourth-order valence-corrected chi connectivity index (χ4v) is 4.30. The molecule has 5 nitrogen and oxygen atoms in total. The summed E-state index contributed by atoms with van der Waals surface area (Å²) in [5, 5.41) is 13.6. The molecular weight excluding hydrogens is 459 g/mol. The average Bonchev–Trinajstić information content (AvgIpc) is 2.79. The molecule has 0 radical (unpaired) electrons. The van der Waals surface area contributed by atoms with Crippen LogP contribution in [0.1, 0.15) is 50.7 Å². The predicted molar refractivity (Wildman–Crippen MR) is 132 cm³/mol. The molecule has 1 aliphatic carbocycles. The summed E-state index contributed by atoms with van der Waals surface area (Å²) in [5.41, 5.74) is 1.55. The van der Waals surface area contributed by atoms with Crippen LogP contribution in [-0.4, -0.2) is 18.6 Å². The maximum Gasteiger partial charge on any atom is 0.262 e. The van der Waals surface area contributed by atoms with Crippen LogP contribution in [0.4, 0.5) is 0 Å². The third kappa shape index (κ3) is 6.90. The van der Waals surface area contributed by atoms with Crippen LogP contribution >= 0.6 is 23.2 Å². The largest absolute Gasteiger partial charge is 0.490 e. The highest BCUT2D eigenvalue weighted by atomic mass is 35.5. The predicted octanol–water partition coefficient (Wildman–Crippen LogP) is 6.57. The van der Waals surface area contributed by atoms with Crippen molar-refractivity contribution in [3.63, 3.8) is 0 Å². The molecule has 0 unspecified atom stereocenters. The molecule has 1 saturated carbocycles. The zero-order valence-corrected chi connectivity index (χ0v) is 20.4. The van der Waals surface area contributed by atoms with Gasteiger partial charge < -0.3 is 14.8 Å². The van der Waals surface area contributed by atoms with Gasteiger partial charge >= 0.3 is 0 Å². The summed E-state index contributed by atoms with van der Waals surface area (Å²) in [7, 11) is 0. The Morgan fingerprint density at radius 1 is 1.18 bits per heavy atom. The Bertz CT molecular complexity index is 1040. The second-order valence-electron chi connectivity index (χ2n) is 8.19. The molecule has 0 spiro atoms. The number of amides is 1. The van der Waals surface area contributed by atoms with Crippen LogP contribution in [0, 0.1) is 17.2 Å². The Balaban J connectivity index is 1.79. The van der Waals surface area contributed by atoms with E-state index in [0.29, 0.717) is 39.6 Å². The zero-order chi connectivity index (χ0) is 23.8. The highest BCUT2D eigenvalue weighted by molar-refractivity contribution is 6.32. The van der Waals surface area contributed by atoms with Crippen LogP contribution in [-0.2, 0) is 11.4 Å². The van der Waals surface area contributed by atoms with E-state index in [4.69, 9.17) is 32.7 Å². The van der Waals surface area contributed by atoms with Gasteiger partial charge in [-0.1, -0.05) is 55.1 Å². The lowest BCUT2D eigenvalue weighted by Crippen LogP contribution is -2.41. The van der Waals surface area contributed by atoms with Crippen molar-refractivity contribution in [2.24, 2.45) is 5.92 Å². The molecule has 33 heavy (non-hydrogen) atoms.